The minimum atomic E-state index is -0.190. The second-order valence-corrected chi connectivity index (χ2v) is 7.92. The Kier molecular flexibility index (Phi) is 9.10. The topological polar surface area (TPSA) is 96.7 Å². The minimum Gasteiger partial charge on any atom is -0.370 e. The number of carbonyl (C=O) groups excluding carboxylic acids is 1. The quantitative estimate of drug-likeness (QED) is 0.308. The summed E-state index contributed by atoms with van der Waals surface area (Å²) in [6.07, 6.45) is 1.91. The number of guanidine groups is 1. The number of likely N-dealkylation sites (tertiary alicyclic amines) is 1. The molecule has 1 heterocycles. The van der Waals surface area contributed by atoms with Crippen LogP contribution < -0.4 is 16.8 Å². The number of piperidine rings is 1. The molecule has 1 aliphatic heterocycles. The zero-order valence-electron chi connectivity index (χ0n) is 17.7. The second kappa shape index (κ2) is 11.3. The van der Waals surface area contributed by atoms with Crippen LogP contribution in [0.2, 0.25) is 0 Å². The van der Waals surface area contributed by atoms with Gasteiger partial charge in [-0.25, -0.2) is 4.99 Å². The Balaban J connectivity index is 0.00000320. The number of nitrogens with one attached hydrogen (secondary N) is 1. The number of carbonyl (C=O) groups is 1. The van der Waals surface area contributed by atoms with E-state index in [4.69, 9.17) is 11.5 Å². The average Bonchev–Trinajstić information content (AvgIpc) is 2.70. The first-order valence-electron chi connectivity index (χ1n) is 10.1. The van der Waals surface area contributed by atoms with Gasteiger partial charge in [0, 0.05) is 18.8 Å². The number of nitrogens with two attached hydrogens (primary N) is 2. The summed E-state index contributed by atoms with van der Waals surface area (Å²) in [6.45, 7) is 7.23. The molecule has 0 saturated carbocycles. The number of anilines is 1. The highest BCUT2D eigenvalue weighted by Gasteiger charge is 2.23. The predicted molar refractivity (Wildman–Crippen MR) is 134 cm³/mol. The van der Waals surface area contributed by atoms with Crippen molar-refractivity contribution >= 4 is 41.5 Å². The summed E-state index contributed by atoms with van der Waals surface area (Å²) in [4.78, 5) is 18.3. The minimum absolute atomic E-state index is 0. The van der Waals surface area contributed by atoms with E-state index in [0.717, 1.165) is 43.7 Å². The fourth-order valence-corrected chi connectivity index (χ4v) is 3.70. The molecule has 30 heavy (non-hydrogen) atoms. The molecule has 162 valence electrons. The van der Waals surface area contributed by atoms with Crippen molar-refractivity contribution in [3.05, 3.63) is 64.7 Å². The molecule has 2 aromatic carbocycles. The molecule has 7 heteroatoms. The van der Waals surface area contributed by atoms with E-state index in [1.54, 1.807) is 0 Å². The number of primary amides is 1. The first-order chi connectivity index (χ1) is 13.9. The molecule has 1 amide bonds. The molecule has 0 aliphatic carbocycles. The fraction of sp³-hybridized carbons (Fsp3) is 0.391. The maximum atomic E-state index is 11.5. The summed E-state index contributed by atoms with van der Waals surface area (Å²) in [6, 6.07) is 14.5. The van der Waals surface area contributed by atoms with Crippen molar-refractivity contribution in [1.29, 1.82) is 0 Å². The van der Waals surface area contributed by atoms with E-state index in [1.165, 1.54) is 16.7 Å². The molecule has 1 unspecified atom stereocenters. The van der Waals surface area contributed by atoms with Crippen LogP contribution in [0.4, 0.5) is 5.69 Å². The molecule has 1 fully saturated rings. The number of aryl methyl sites for hydroxylation is 2. The third-order valence-electron chi connectivity index (χ3n) is 5.52. The lowest BCUT2D eigenvalue weighted by molar-refractivity contribution is -0.123. The third kappa shape index (κ3) is 6.98. The monoisotopic (exact) mass is 521 g/mol. The van der Waals surface area contributed by atoms with Crippen LogP contribution in [0.25, 0.3) is 0 Å². The highest BCUT2D eigenvalue weighted by molar-refractivity contribution is 14.0. The molecule has 0 aromatic heterocycles. The van der Waals surface area contributed by atoms with Crippen molar-refractivity contribution in [2.45, 2.75) is 39.8 Å². The van der Waals surface area contributed by atoms with Gasteiger partial charge in [0.25, 0.3) is 0 Å². The Morgan fingerprint density at radius 2 is 1.90 bits per heavy atom. The van der Waals surface area contributed by atoms with Gasteiger partial charge in [-0.1, -0.05) is 30.3 Å². The normalized spacial score (nSPS) is 17.3. The van der Waals surface area contributed by atoms with Gasteiger partial charge in [-0.15, -0.1) is 24.0 Å². The molecular formula is C23H32IN5O. The number of halogens is 1. The van der Waals surface area contributed by atoms with Gasteiger partial charge in [-0.2, -0.15) is 0 Å². The largest absolute Gasteiger partial charge is 0.370 e. The second-order valence-electron chi connectivity index (χ2n) is 7.92. The van der Waals surface area contributed by atoms with Crippen molar-refractivity contribution in [3.63, 3.8) is 0 Å². The van der Waals surface area contributed by atoms with E-state index < -0.39 is 0 Å². The number of nitrogens with zero attached hydrogens (tertiary/aromatic N) is 2. The third-order valence-corrected chi connectivity index (χ3v) is 5.52. The van der Waals surface area contributed by atoms with E-state index in [0.29, 0.717) is 12.5 Å². The standard InChI is InChI=1S/C23H31N5O.HI/c1-16-8-9-21(11-17(16)2)27-23(25)26-13-18-5-3-6-19(12-18)14-28-10-4-7-20(15-28)22(24)29;/h3,5-6,8-9,11-12,20H,4,7,10,13-15H2,1-2H3,(H2,24,29)(H3,25,26,27);1H. The molecule has 0 spiro atoms. The van der Waals surface area contributed by atoms with Crippen LogP contribution in [0, 0.1) is 19.8 Å². The summed E-state index contributed by atoms with van der Waals surface area (Å²) in [5, 5.41) is 3.15. The summed E-state index contributed by atoms with van der Waals surface area (Å²) in [5.74, 6) is 0.177. The Morgan fingerprint density at radius 1 is 1.13 bits per heavy atom. The van der Waals surface area contributed by atoms with Crippen molar-refractivity contribution in [1.82, 2.24) is 4.90 Å². The van der Waals surface area contributed by atoms with Crippen LogP contribution in [0.15, 0.2) is 47.5 Å². The predicted octanol–water partition coefficient (Wildman–Crippen LogP) is 3.55. The van der Waals surface area contributed by atoms with E-state index in [2.05, 4.69) is 59.4 Å². The highest BCUT2D eigenvalue weighted by atomic mass is 127. The van der Waals surface area contributed by atoms with E-state index in [9.17, 15) is 4.79 Å². The van der Waals surface area contributed by atoms with Gasteiger partial charge in [0.05, 0.1) is 12.5 Å². The first-order valence-corrected chi connectivity index (χ1v) is 10.1. The van der Waals surface area contributed by atoms with Crippen LogP contribution in [0.5, 0.6) is 0 Å². The van der Waals surface area contributed by atoms with Gasteiger partial charge in [0.15, 0.2) is 5.96 Å². The number of amides is 1. The molecule has 6 nitrogen and oxygen atoms in total. The smallest absolute Gasteiger partial charge is 0.221 e. The van der Waals surface area contributed by atoms with Gasteiger partial charge < -0.3 is 16.8 Å². The van der Waals surface area contributed by atoms with Gasteiger partial charge in [0.2, 0.25) is 5.91 Å². The summed E-state index contributed by atoms with van der Waals surface area (Å²) >= 11 is 0. The van der Waals surface area contributed by atoms with E-state index in [-0.39, 0.29) is 35.8 Å². The molecule has 0 bridgehead atoms. The molecule has 3 rings (SSSR count). The maximum absolute atomic E-state index is 11.5. The average molecular weight is 521 g/mol. The Bertz CT molecular complexity index is 899. The van der Waals surface area contributed by atoms with E-state index >= 15 is 0 Å². The first kappa shape index (κ1) is 24.1. The van der Waals surface area contributed by atoms with Crippen molar-refractivity contribution < 1.29 is 4.79 Å². The van der Waals surface area contributed by atoms with Crippen LogP contribution in [-0.2, 0) is 17.9 Å². The van der Waals surface area contributed by atoms with Gasteiger partial charge in [0.1, 0.15) is 0 Å². The zero-order valence-corrected chi connectivity index (χ0v) is 20.1. The molecule has 2 aromatic rings. The van der Waals surface area contributed by atoms with Crippen LogP contribution in [-0.4, -0.2) is 29.9 Å². The lowest BCUT2D eigenvalue weighted by atomic mass is 9.97. The van der Waals surface area contributed by atoms with Crippen molar-refractivity contribution in [2.75, 3.05) is 18.4 Å². The summed E-state index contributed by atoms with van der Waals surface area (Å²) in [5.41, 5.74) is 17.3. The Labute approximate surface area is 196 Å². The van der Waals surface area contributed by atoms with Crippen LogP contribution in [0.3, 0.4) is 0 Å². The van der Waals surface area contributed by atoms with Crippen LogP contribution in [0.1, 0.15) is 35.1 Å². The highest BCUT2D eigenvalue weighted by Crippen LogP contribution is 2.19. The fourth-order valence-electron chi connectivity index (χ4n) is 3.70. The summed E-state index contributed by atoms with van der Waals surface area (Å²) < 4.78 is 0. The number of hydrogen-bond donors (Lipinski definition) is 3. The Morgan fingerprint density at radius 3 is 2.63 bits per heavy atom. The molecule has 1 saturated heterocycles. The van der Waals surface area contributed by atoms with E-state index in [1.807, 2.05) is 12.1 Å². The SMILES string of the molecule is Cc1ccc(NC(N)=NCc2cccc(CN3CCCC(C(N)=O)C3)c2)cc1C.I. The number of rotatable bonds is 6. The molecule has 5 N–H and O–H groups in total. The number of hydrogen-bond acceptors (Lipinski definition) is 3. The van der Waals surface area contributed by atoms with Gasteiger partial charge >= 0.3 is 0 Å². The van der Waals surface area contributed by atoms with Crippen LogP contribution >= 0.6 is 24.0 Å². The Hall–Kier alpha value is -2.13. The maximum Gasteiger partial charge on any atom is 0.221 e. The molecule has 1 atom stereocenters. The molecule has 1 aliphatic rings. The van der Waals surface area contributed by atoms with Gasteiger partial charge in [-0.05, 0) is 67.6 Å². The van der Waals surface area contributed by atoms with Crippen molar-refractivity contribution in [3.8, 4) is 0 Å². The molecule has 0 radical (unpaired) electrons. The lowest BCUT2D eigenvalue weighted by Crippen LogP contribution is -2.40. The summed E-state index contributed by atoms with van der Waals surface area (Å²) in [7, 11) is 0. The lowest BCUT2D eigenvalue weighted by Gasteiger charge is -2.31. The molecular weight excluding hydrogens is 489 g/mol. The number of benzene rings is 2. The number of aliphatic imine (C=N–C) groups is 1. The van der Waals surface area contributed by atoms with Gasteiger partial charge in [-0.3, -0.25) is 9.69 Å². The zero-order chi connectivity index (χ0) is 20.8. The van der Waals surface area contributed by atoms with Crippen molar-refractivity contribution in [2.24, 2.45) is 22.4 Å².